The Labute approximate surface area is 305 Å². The Bertz CT molecular complexity index is 2830. The summed E-state index contributed by atoms with van der Waals surface area (Å²) in [4.78, 5) is 0. The third kappa shape index (κ3) is 3.91. The van der Waals surface area contributed by atoms with Crippen LogP contribution in [0.3, 0.4) is 0 Å². The van der Waals surface area contributed by atoms with Gasteiger partial charge in [-0.05, 0) is 109 Å². The van der Waals surface area contributed by atoms with Crippen LogP contribution in [0.2, 0.25) is 0 Å². The molecule has 0 fully saturated rings. The summed E-state index contributed by atoms with van der Waals surface area (Å²) in [5, 5.41) is 2.51. The number of halogens is 1. The van der Waals surface area contributed by atoms with E-state index in [9.17, 15) is 0 Å². The van der Waals surface area contributed by atoms with E-state index in [0.29, 0.717) is 0 Å². The van der Waals surface area contributed by atoms with Gasteiger partial charge in [0.1, 0.15) is 0 Å². The van der Waals surface area contributed by atoms with E-state index in [-0.39, 0.29) is 5.41 Å². The standard InChI is InChI=1S/C49H30BrN/c50-46-22-9-4-14-35(46)33-13-11-12-31(28-33)32-24-27-48-41(29-32)40-18-5-10-23-47(40)51(48)34-25-26-39-38-17-3-8-21-44(38)49(45(39)30-34)42-19-6-1-15-36(42)37-16-2-7-20-43(37)49/h1-30H. The first-order valence-corrected chi connectivity index (χ1v) is 18.3. The molecule has 1 aromatic heterocycles. The molecule has 2 aliphatic rings. The molecule has 0 amide bonds. The molecule has 0 aliphatic heterocycles. The second-order valence-electron chi connectivity index (χ2n) is 13.8. The molecule has 1 nitrogen and oxygen atoms in total. The van der Waals surface area contributed by atoms with Crippen LogP contribution >= 0.6 is 15.9 Å². The lowest BCUT2D eigenvalue weighted by Gasteiger charge is -2.30. The van der Waals surface area contributed by atoms with E-state index < -0.39 is 0 Å². The van der Waals surface area contributed by atoms with Gasteiger partial charge in [0.25, 0.3) is 0 Å². The van der Waals surface area contributed by atoms with Crippen LogP contribution in [0.25, 0.3) is 72.0 Å². The van der Waals surface area contributed by atoms with Crippen LogP contribution in [0.4, 0.5) is 0 Å². The monoisotopic (exact) mass is 711 g/mol. The van der Waals surface area contributed by atoms with Gasteiger partial charge in [0.05, 0.1) is 16.4 Å². The van der Waals surface area contributed by atoms with Crippen LogP contribution in [0.5, 0.6) is 0 Å². The summed E-state index contributed by atoms with van der Waals surface area (Å²) in [7, 11) is 0. The molecular weight excluding hydrogens is 682 g/mol. The SMILES string of the molecule is Brc1ccccc1-c1cccc(-c2ccc3c(c2)c2ccccc2n3-c2ccc3c(c2)C2(c4ccccc4-c4ccccc42)c2ccccc2-3)c1. The van der Waals surface area contributed by atoms with E-state index in [1.807, 2.05) is 0 Å². The Hall–Kier alpha value is -5.96. The molecule has 0 saturated heterocycles. The number of para-hydroxylation sites is 1. The van der Waals surface area contributed by atoms with Gasteiger partial charge in [0.15, 0.2) is 0 Å². The smallest absolute Gasteiger partial charge is 0.0726 e. The fourth-order valence-corrected chi connectivity index (χ4v) is 9.73. The first-order valence-electron chi connectivity index (χ1n) is 17.5. The Balaban J connectivity index is 1.14. The van der Waals surface area contributed by atoms with Gasteiger partial charge in [-0.1, -0.05) is 155 Å². The Morgan fingerprint density at radius 2 is 0.902 bits per heavy atom. The summed E-state index contributed by atoms with van der Waals surface area (Å²) in [6.07, 6.45) is 0. The molecule has 0 N–H and O–H groups in total. The average Bonchev–Trinajstić information content (AvgIpc) is 3.79. The second-order valence-corrected chi connectivity index (χ2v) is 14.6. The number of hydrogen-bond acceptors (Lipinski definition) is 0. The van der Waals surface area contributed by atoms with Crippen molar-refractivity contribution in [3.63, 3.8) is 0 Å². The maximum Gasteiger partial charge on any atom is 0.0726 e. The minimum absolute atomic E-state index is 0.375. The topological polar surface area (TPSA) is 4.93 Å². The van der Waals surface area contributed by atoms with E-state index in [2.05, 4.69) is 202 Å². The maximum absolute atomic E-state index is 3.76. The summed E-state index contributed by atoms with van der Waals surface area (Å²) in [5.41, 5.74) is 18.8. The second kappa shape index (κ2) is 10.8. The third-order valence-corrected chi connectivity index (χ3v) is 12.0. The molecule has 1 spiro atoms. The highest BCUT2D eigenvalue weighted by atomic mass is 79.9. The molecule has 2 heteroatoms. The number of benzene rings is 8. The summed E-state index contributed by atoms with van der Waals surface area (Å²) in [6, 6.07) is 67.4. The van der Waals surface area contributed by atoms with Gasteiger partial charge in [-0.2, -0.15) is 0 Å². The van der Waals surface area contributed by atoms with Crippen molar-refractivity contribution >= 4 is 37.7 Å². The van der Waals surface area contributed by atoms with Crippen LogP contribution in [0, 0.1) is 0 Å². The van der Waals surface area contributed by atoms with Crippen LogP contribution in [-0.2, 0) is 5.41 Å². The van der Waals surface area contributed by atoms with Gasteiger partial charge >= 0.3 is 0 Å². The molecule has 2 aliphatic carbocycles. The van der Waals surface area contributed by atoms with Gasteiger partial charge in [-0.3, -0.25) is 0 Å². The molecule has 0 radical (unpaired) electrons. The minimum atomic E-state index is -0.375. The Kier molecular flexibility index (Phi) is 6.09. The van der Waals surface area contributed by atoms with E-state index >= 15 is 0 Å². The van der Waals surface area contributed by atoms with Crippen molar-refractivity contribution in [2.45, 2.75) is 5.41 Å². The maximum atomic E-state index is 3.76. The normalized spacial score (nSPS) is 13.4. The van der Waals surface area contributed by atoms with Crippen molar-refractivity contribution in [1.29, 1.82) is 0 Å². The number of hydrogen-bond donors (Lipinski definition) is 0. The number of aromatic nitrogens is 1. The largest absolute Gasteiger partial charge is 0.309 e. The molecule has 11 rings (SSSR count). The van der Waals surface area contributed by atoms with Crippen molar-refractivity contribution < 1.29 is 0 Å². The van der Waals surface area contributed by atoms with Gasteiger partial charge in [-0.15, -0.1) is 0 Å². The fraction of sp³-hybridized carbons (Fsp3) is 0.0204. The highest BCUT2D eigenvalue weighted by molar-refractivity contribution is 9.10. The lowest BCUT2D eigenvalue weighted by Crippen LogP contribution is -2.26. The van der Waals surface area contributed by atoms with E-state index in [1.165, 1.54) is 94.3 Å². The van der Waals surface area contributed by atoms with Crippen molar-refractivity contribution in [2.75, 3.05) is 0 Å². The summed E-state index contributed by atoms with van der Waals surface area (Å²) in [5.74, 6) is 0. The molecule has 0 unspecified atom stereocenters. The molecule has 1 heterocycles. The lowest BCUT2D eigenvalue weighted by atomic mass is 9.70. The predicted molar refractivity (Wildman–Crippen MR) is 216 cm³/mol. The van der Waals surface area contributed by atoms with Gasteiger partial charge in [0.2, 0.25) is 0 Å². The molecule has 9 aromatic rings. The summed E-state index contributed by atoms with van der Waals surface area (Å²) in [6.45, 7) is 0. The van der Waals surface area contributed by atoms with E-state index in [1.54, 1.807) is 0 Å². The molecule has 0 bridgehead atoms. The quantitative estimate of drug-likeness (QED) is 0.172. The molecule has 51 heavy (non-hydrogen) atoms. The highest BCUT2D eigenvalue weighted by Gasteiger charge is 2.51. The Morgan fingerprint density at radius 3 is 1.61 bits per heavy atom. The molecule has 238 valence electrons. The average molecular weight is 713 g/mol. The zero-order chi connectivity index (χ0) is 33.7. The van der Waals surface area contributed by atoms with Gasteiger partial charge < -0.3 is 4.57 Å². The van der Waals surface area contributed by atoms with Crippen molar-refractivity contribution in [2.24, 2.45) is 0 Å². The highest BCUT2D eigenvalue weighted by Crippen LogP contribution is 2.63. The fourth-order valence-electron chi connectivity index (χ4n) is 9.21. The molecular formula is C49H30BrN. The van der Waals surface area contributed by atoms with Crippen molar-refractivity contribution in [3.8, 4) is 50.2 Å². The van der Waals surface area contributed by atoms with Crippen molar-refractivity contribution in [3.05, 3.63) is 209 Å². The van der Waals surface area contributed by atoms with E-state index in [4.69, 9.17) is 0 Å². The van der Waals surface area contributed by atoms with Crippen LogP contribution in [0.15, 0.2) is 186 Å². The van der Waals surface area contributed by atoms with Crippen molar-refractivity contribution in [1.82, 2.24) is 4.57 Å². The Morgan fingerprint density at radius 1 is 0.353 bits per heavy atom. The minimum Gasteiger partial charge on any atom is -0.309 e. The van der Waals surface area contributed by atoms with Gasteiger partial charge in [-0.25, -0.2) is 0 Å². The number of rotatable bonds is 3. The van der Waals surface area contributed by atoms with Crippen LogP contribution in [0.1, 0.15) is 22.3 Å². The lowest BCUT2D eigenvalue weighted by molar-refractivity contribution is 0.792. The summed E-state index contributed by atoms with van der Waals surface area (Å²) >= 11 is 3.76. The third-order valence-electron chi connectivity index (χ3n) is 11.3. The van der Waals surface area contributed by atoms with Crippen LogP contribution < -0.4 is 0 Å². The summed E-state index contributed by atoms with van der Waals surface area (Å²) < 4.78 is 3.57. The van der Waals surface area contributed by atoms with Gasteiger partial charge in [0, 0.05) is 20.9 Å². The number of fused-ring (bicyclic) bond motifs is 13. The zero-order valence-corrected chi connectivity index (χ0v) is 29.2. The molecule has 0 atom stereocenters. The molecule has 8 aromatic carbocycles. The predicted octanol–water partition coefficient (Wildman–Crippen LogP) is 13.2. The van der Waals surface area contributed by atoms with E-state index in [0.717, 1.165) is 4.47 Å². The zero-order valence-electron chi connectivity index (χ0n) is 27.6. The number of nitrogens with zero attached hydrogens (tertiary/aromatic N) is 1. The first kappa shape index (κ1) is 28.8. The van der Waals surface area contributed by atoms with Crippen LogP contribution in [-0.4, -0.2) is 4.57 Å². The first-order chi connectivity index (χ1) is 25.2. The molecule has 0 saturated carbocycles.